The Labute approximate surface area is 183 Å². The van der Waals surface area contributed by atoms with Gasteiger partial charge in [-0.25, -0.2) is 0 Å². The smallest absolute Gasteiger partial charge is 0.265 e. The number of anilines is 1. The molecule has 0 aliphatic carbocycles. The van der Waals surface area contributed by atoms with Crippen LogP contribution >= 0.6 is 0 Å². The second-order valence-electron chi connectivity index (χ2n) is 7.64. The van der Waals surface area contributed by atoms with Crippen molar-refractivity contribution in [3.63, 3.8) is 0 Å². The number of hydrogen-bond donors (Lipinski definition) is 1. The Hall–Kier alpha value is -3.12. The lowest BCUT2D eigenvalue weighted by Gasteiger charge is -2.18. The molecule has 0 aliphatic heterocycles. The van der Waals surface area contributed by atoms with Gasteiger partial charge in [-0.3, -0.25) is 9.59 Å². The molecule has 1 amide bonds. The Bertz CT molecular complexity index is 1050. The summed E-state index contributed by atoms with van der Waals surface area (Å²) in [6.07, 6.45) is 1.39. The SMILES string of the molecule is CCN(CC)CCn1ccc2cc(NC(=O)C(C)Oc3cccc(C(C)=O)c3)ccc21. The molecule has 0 radical (unpaired) electrons. The lowest BCUT2D eigenvalue weighted by atomic mass is 10.1. The minimum Gasteiger partial charge on any atom is -0.481 e. The average molecular weight is 422 g/mol. The number of carbonyl (C=O) groups is 2. The molecule has 3 rings (SSSR count). The van der Waals surface area contributed by atoms with E-state index in [-0.39, 0.29) is 11.7 Å². The summed E-state index contributed by atoms with van der Waals surface area (Å²) >= 11 is 0. The first-order valence-electron chi connectivity index (χ1n) is 10.8. The molecule has 1 unspecified atom stereocenters. The zero-order valence-electron chi connectivity index (χ0n) is 18.7. The van der Waals surface area contributed by atoms with Gasteiger partial charge < -0.3 is 19.5 Å². The van der Waals surface area contributed by atoms with Crippen molar-refractivity contribution in [2.75, 3.05) is 25.0 Å². The molecular weight excluding hydrogens is 390 g/mol. The topological polar surface area (TPSA) is 63.6 Å². The molecule has 1 aromatic heterocycles. The van der Waals surface area contributed by atoms with Gasteiger partial charge in [-0.1, -0.05) is 26.0 Å². The molecular formula is C25H31N3O3. The van der Waals surface area contributed by atoms with Crippen LogP contribution in [-0.4, -0.2) is 46.9 Å². The van der Waals surface area contributed by atoms with E-state index < -0.39 is 6.10 Å². The minimum absolute atomic E-state index is 0.0418. The number of ether oxygens (including phenoxy) is 1. The van der Waals surface area contributed by atoms with E-state index in [1.54, 1.807) is 31.2 Å². The Morgan fingerprint density at radius 3 is 2.58 bits per heavy atom. The highest BCUT2D eigenvalue weighted by molar-refractivity contribution is 5.96. The monoisotopic (exact) mass is 421 g/mol. The van der Waals surface area contributed by atoms with Crippen LogP contribution < -0.4 is 10.1 Å². The summed E-state index contributed by atoms with van der Waals surface area (Å²) in [4.78, 5) is 26.5. The summed E-state index contributed by atoms with van der Waals surface area (Å²) in [6, 6.07) is 14.9. The zero-order chi connectivity index (χ0) is 22.4. The van der Waals surface area contributed by atoms with Crippen LogP contribution in [0.1, 0.15) is 38.1 Å². The third-order valence-corrected chi connectivity index (χ3v) is 5.51. The van der Waals surface area contributed by atoms with Crippen molar-refractivity contribution in [1.29, 1.82) is 0 Å². The molecule has 3 aromatic rings. The number of amides is 1. The van der Waals surface area contributed by atoms with Gasteiger partial charge in [0, 0.05) is 41.4 Å². The highest BCUT2D eigenvalue weighted by atomic mass is 16.5. The number of nitrogens with one attached hydrogen (secondary N) is 1. The molecule has 0 saturated heterocycles. The summed E-state index contributed by atoms with van der Waals surface area (Å²) in [5, 5.41) is 4.00. The maximum absolute atomic E-state index is 12.6. The van der Waals surface area contributed by atoms with Crippen molar-refractivity contribution in [2.24, 2.45) is 0 Å². The summed E-state index contributed by atoms with van der Waals surface area (Å²) in [6.45, 7) is 11.6. The van der Waals surface area contributed by atoms with Crippen molar-refractivity contribution in [1.82, 2.24) is 9.47 Å². The molecule has 2 aromatic carbocycles. The predicted molar refractivity (Wildman–Crippen MR) is 125 cm³/mol. The number of nitrogens with zero attached hydrogens (tertiary/aromatic N) is 2. The summed E-state index contributed by atoms with van der Waals surface area (Å²) in [5.41, 5.74) is 2.43. The highest BCUT2D eigenvalue weighted by Gasteiger charge is 2.16. The molecule has 6 heteroatoms. The van der Waals surface area contributed by atoms with Gasteiger partial charge in [-0.2, -0.15) is 0 Å². The van der Waals surface area contributed by atoms with Crippen molar-refractivity contribution in [3.05, 3.63) is 60.3 Å². The Balaban J connectivity index is 1.64. The van der Waals surface area contributed by atoms with Crippen molar-refractivity contribution in [3.8, 4) is 5.75 Å². The number of Topliss-reactive ketones (excluding diaryl/α,β-unsaturated/α-hetero) is 1. The van der Waals surface area contributed by atoms with E-state index >= 15 is 0 Å². The van der Waals surface area contributed by atoms with Crippen LogP contribution in [0.25, 0.3) is 10.9 Å². The van der Waals surface area contributed by atoms with Crippen LogP contribution in [0, 0.1) is 0 Å². The van der Waals surface area contributed by atoms with E-state index in [2.05, 4.69) is 40.9 Å². The normalized spacial score (nSPS) is 12.2. The van der Waals surface area contributed by atoms with E-state index in [0.717, 1.165) is 42.8 Å². The van der Waals surface area contributed by atoms with Gasteiger partial charge >= 0.3 is 0 Å². The molecule has 6 nitrogen and oxygen atoms in total. The molecule has 1 heterocycles. The van der Waals surface area contributed by atoms with Crippen LogP contribution in [0.5, 0.6) is 5.75 Å². The number of hydrogen-bond acceptors (Lipinski definition) is 4. The fraction of sp³-hybridized carbons (Fsp3) is 0.360. The molecule has 0 saturated carbocycles. The zero-order valence-corrected chi connectivity index (χ0v) is 18.7. The minimum atomic E-state index is -0.698. The third-order valence-electron chi connectivity index (χ3n) is 5.51. The number of ketones is 1. The standard InChI is InChI=1S/C25H31N3O3/c1-5-27(6-2)14-15-28-13-12-21-16-22(10-11-24(21)28)26-25(30)19(4)31-23-9-7-8-20(17-23)18(3)29/h7-13,16-17,19H,5-6,14-15H2,1-4H3,(H,26,30). The second kappa shape index (κ2) is 10.3. The number of rotatable bonds is 10. The summed E-state index contributed by atoms with van der Waals surface area (Å²) in [5.74, 6) is 0.213. The van der Waals surface area contributed by atoms with Crippen molar-refractivity contribution >= 4 is 28.3 Å². The van der Waals surface area contributed by atoms with Crippen LogP contribution in [-0.2, 0) is 11.3 Å². The summed E-state index contributed by atoms with van der Waals surface area (Å²) in [7, 11) is 0. The maximum atomic E-state index is 12.6. The van der Waals surface area contributed by atoms with Crippen LogP contribution in [0.3, 0.4) is 0 Å². The number of fused-ring (bicyclic) bond motifs is 1. The van der Waals surface area contributed by atoms with Gasteiger partial charge in [0.15, 0.2) is 11.9 Å². The van der Waals surface area contributed by atoms with E-state index in [1.165, 1.54) is 6.92 Å². The molecule has 1 N–H and O–H groups in total. The number of carbonyl (C=O) groups excluding carboxylic acids is 2. The quantitative estimate of drug-likeness (QED) is 0.486. The van der Waals surface area contributed by atoms with Gasteiger partial charge in [-0.15, -0.1) is 0 Å². The van der Waals surface area contributed by atoms with E-state index in [0.29, 0.717) is 11.3 Å². The van der Waals surface area contributed by atoms with Crippen molar-refractivity contribution in [2.45, 2.75) is 40.3 Å². The van der Waals surface area contributed by atoms with Gasteiger partial charge in [0.25, 0.3) is 5.91 Å². The van der Waals surface area contributed by atoms with Crippen LogP contribution in [0.15, 0.2) is 54.7 Å². The van der Waals surface area contributed by atoms with Crippen molar-refractivity contribution < 1.29 is 14.3 Å². The number of benzene rings is 2. The molecule has 0 spiro atoms. The lowest BCUT2D eigenvalue weighted by Crippen LogP contribution is -2.30. The molecule has 31 heavy (non-hydrogen) atoms. The van der Waals surface area contributed by atoms with E-state index in [4.69, 9.17) is 4.74 Å². The fourth-order valence-corrected chi connectivity index (χ4v) is 3.55. The highest BCUT2D eigenvalue weighted by Crippen LogP contribution is 2.21. The molecule has 0 bridgehead atoms. The Morgan fingerprint density at radius 1 is 1.10 bits per heavy atom. The first kappa shape index (κ1) is 22.6. The van der Waals surface area contributed by atoms with E-state index in [9.17, 15) is 9.59 Å². The fourth-order valence-electron chi connectivity index (χ4n) is 3.55. The molecule has 164 valence electrons. The summed E-state index contributed by atoms with van der Waals surface area (Å²) < 4.78 is 7.98. The number of likely N-dealkylation sites (N-methyl/N-ethyl adjacent to an activating group) is 1. The third kappa shape index (κ3) is 5.73. The van der Waals surface area contributed by atoms with E-state index in [1.807, 2.05) is 18.2 Å². The lowest BCUT2D eigenvalue weighted by molar-refractivity contribution is -0.122. The predicted octanol–water partition coefficient (Wildman–Crippen LogP) is 4.59. The molecule has 0 aliphatic rings. The first-order valence-corrected chi connectivity index (χ1v) is 10.8. The number of aromatic nitrogens is 1. The van der Waals surface area contributed by atoms with Crippen LogP contribution in [0.4, 0.5) is 5.69 Å². The Morgan fingerprint density at radius 2 is 1.87 bits per heavy atom. The van der Waals surface area contributed by atoms with Gasteiger partial charge in [0.05, 0.1) is 0 Å². The Kier molecular flexibility index (Phi) is 7.47. The first-order chi connectivity index (χ1) is 14.9. The van der Waals surface area contributed by atoms with Crippen LogP contribution in [0.2, 0.25) is 0 Å². The van der Waals surface area contributed by atoms with Gasteiger partial charge in [0.2, 0.25) is 0 Å². The molecule has 0 fully saturated rings. The second-order valence-corrected chi connectivity index (χ2v) is 7.64. The maximum Gasteiger partial charge on any atom is 0.265 e. The molecule has 1 atom stereocenters. The largest absolute Gasteiger partial charge is 0.481 e. The van der Waals surface area contributed by atoms with Gasteiger partial charge in [-0.05, 0) is 63.3 Å². The average Bonchev–Trinajstić information content (AvgIpc) is 3.16. The van der Waals surface area contributed by atoms with Gasteiger partial charge in [0.1, 0.15) is 5.75 Å².